The number of pyridine rings is 1. The molecule has 5 nitrogen and oxygen atoms in total. The van der Waals surface area contributed by atoms with E-state index in [0.717, 1.165) is 0 Å². The molecule has 88 valence electrons. The zero-order chi connectivity index (χ0) is 12.5. The van der Waals surface area contributed by atoms with Crippen molar-refractivity contribution in [2.45, 2.75) is 33.2 Å². The van der Waals surface area contributed by atoms with Crippen molar-refractivity contribution in [1.29, 1.82) is 0 Å². The van der Waals surface area contributed by atoms with Crippen LogP contribution in [-0.2, 0) is 11.2 Å². The molecule has 16 heavy (non-hydrogen) atoms. The Labute approximate surface area is 93.0 Å². The summed E-state index contributed by atoms with van der Waals surface area (Å²) in [6.07, 6.45) is 1.89. The second kappa shape index (κ2) is 4.38. The number of carboxylic acid groups (broad SMARTS) is 1. The summed E-state index contributed by atoms with van der Waals surface area (Å²) in [5, 5.41) is 20.3. The Hall–Kier alpha value is -1.78. The van der Waals surface area contributed by atoms with Gasteiger partial charge in [0, 0.05) is 11.8 Å². The summed E-state index contributed by atoms with van der Waals surface area (Å²) < 4.78 is 1.34. The molecule has 0 amide bonds. The van der Waals surface area contributed by atoms with E-state index in [1.54, 1.807) is 6.92 Å². The van der Waals surface area contributed by atoms with Gasteiger partial charge in [-0.15, -0.1) is 0 Å². The van der Waals surface area contributed by atoms with E-state index in [4.69, 9.17) is 0 Å². The lowest BCUT2D eigenvalue weighted by Gasteiger charge is -2.21. The van der Waals surface area contributed by atoms with Gasteiger partial charge in [-0.25, -0.2) is 0 Å². The first-order chi connectivity index (χ1) is 7.40. The van der Waals surface area contributed by atoms with Gasteiger partial charge in [0.05, 0.1) is 17.7 Å². The first kappa shape index (κ1) is 12.3. The maximum Gasteiger partial charge on any atom is 0.226 e. The molecule has 1 atom stereocenters. The number of carboxylic acids is 1. The van der Waals surface area contributed by atoms with E-state index in [9.17, 15) is 19.8 Å². The van der Waals surface area contributed by atoms with Crippen LogP contribution < -0.4 is 10.5 Å². The Bertz CT molecular complexity index is 476. The van der Waals surface area contributed by atoms with Crippen molar-refractivity contribution in [2.75, 3.05) is 0 Å². The van der Waals surface area contributed by atoms with E-state index < -0.39 is 23.2 Å². The number of aromatic hydroxyl groups is 1. The molecule has 0 saturated carbocycles. The van der Waals surface area contributed by atoms with Gasteiger partial charge in [-0.3, -0.25) is 4.79 Å². The Morgan fingerprint density at radius 1 is 1.62 bits per heavy atom. The highest BCUT2D eigenvalue weighted by atomic mass is 16.4. The highest BCUT2D eigenvalue weighted by Crippen LogP contribution is 2.17. The summed E-state index contributed by atoms with van der Waals surface area (Å²) in [4.78, 5) is 22.3. The van der Waals surface area contributed by atoms with Crippen LogP contribution in [0, 0.1) is 6.92 Å². The van der Waals surface area contributed by atoms with Crippen LogP contribution in [0.15, 0.2) is 11.0 Å². The smallest absolute Gasteiger partial charge is 0.226 e. The van der Waals surface area contributed by atoms with Gasteiger partial charge in [-0.05, 0) is 20.3 Å². The zero-order valence-corrected chi connectivity index (χ0v) is 9.48. The first-order valence-electron chi connectivity index (χ1n) is 5.04. The molecule has 0 aliphatic rings. The molecule has 1 aromatic heterocycles. The maximum absolute atomic E-state index is 11.5. The number of rotatable bonds is 3. The van der Waals surface area contributed by atoms with Gasteiger partial charge < -0.3 is 19.6 Å². The first-order valence-corrected chi connectivity index (χ1v) is 5.04. The molecular weight excluding hydrogens is 210 g/mol. The van der Waals surface area contributed by atoms with E-state index in [2.05, 4.69) is 0 Å². The fourth-order valence-corrected chi connectivity index (χ4v) is 1.53. The molecule has 0 bridgehead atoms. The van der Waals surface area contributed by atoms with E-state index in [-0.39, 0.29) is 5.69 Å². The Kier molecular flexibility index (Phi) is 3.37. The number of hydrogen-bond acceptors (Lipinski definition) is 4. The molecule has 1 N–H and O–H groups in total. The van der Waals surface area contributed by atoms with Crippen LogP contribution in [-0.4, -0.2) is 15.6 Å². The van der Waals surface area contributed by atoms with Crippen molar-refractivity contribution in [3.63, 3.8) is 0 Å². The lowest BCUT2D eigenvalue weighted by Crippen LogP contribution is -2.33. The van der Waals surface area contributed by atoms with Crippen LogP contribution >= 0.6 is 0 Å². The molecule has 1 rings (SSSR count). The summed E-state index contributed by atoms with van der Waals surface area (Å²) in [7, 11) is 0. The number of aliphatic carboxylic acids is 1. The largest absolute Gasteiger partial charge is 0.548 e. The van der Waals surface area contributed by atoms with Crippen LogP contribution in [0.3, 0.4) is 0 Å². The second-order valence-corrected chi connectivity index (χ2v) is 3.67. The van der Waals surface area contributed by atoms with Gasteiger partial charge in [-0.2, -0.15) is 0 Å². The number of carbonyl (C=O) groups excluding carboxylic acids is 1. The highest BCUT2D eigenvalue weighted by molar-refractivity contribution is 5.69. The van der Waals surface area contributed by atoms with Crippen molar-refractivity contribution in [3.8, 4) is 5.75 Å². The average molecular weight is 224 g/mol. The standard InChI is InChI=1S/C11H15NO4/c1-4-8-5-12(7(3)11(15)16)6(2)9(13)10(8)14/h5,7,13H,4H2,1-3H3,(H,15,16)/p-1. The van der Waals surface area contributed by atoms with Crippen molar-refractivity contribution >= 4 is 5.97 Å². The van der Waals surface area contributed by atoms with Gasteiger partial charge in [0.25, 0.3) is 0 Å². The van der Waals surface area contributed by atoms with Crippen molar-refractivity contribution in [3.05, 3.63) is 27.7 Å². The van der Waals surface area contributed by atoms with Gasteiger partial charge in [0.1, 0.15) is 0 Å². The lowest BCUT2D eigenvalue weighted by molar-refractivity contribution is -0.309. The van der Waals surface area contributed by atoms with Crippen LogP contribution in [0.1, 0.15) is 31.1 Å². The number of hydrogen-bond donors (Lipinski definition) is 1. The minimum Gasteiger partial charge on any atom is -0.548 e. The molecule has 5 heteroatoms. The summed E-state index contributed by atoms with van der Waals surface area (Å²) >= 11 is 0. The van der Waals surface area contributed by atoms with Crippen molar-refractivity contribution < 1.29 is 15.0 Å². The van der Waals surface area contributed by atoms with Gasteiger partial charge in [0.15, 0.2) is 5.75 Å². The zero-order valence-electron chi connectivity index (χ0n) is 9.48. The van der Waals surface area contributed by atoms with Gasteiger partial charge in [-0.1, -0.05) is 6.92 Å². The Morgan fingerprint density at radius 2 is 2.19 bits per heavy atom. The molecular formula is C11H14NO4-. The monoisotopic (exact) mass is 224 g/mol. The van der Waals surface area contributed by atoms with E-state index in [0.29, 0.717) is 12.0 Å². The molecule has 0 aliphatic carbocycles. The predicted molar refractivity (Wildman–Crippen MR) is 56.2 cm³/mol. The molecule has 0 saturated heterocycles. The number of carbonyl (C=O) groups is 1. The molecule has 1 heterocycles. The van der Waals surface area contributed by atoms with Gasteiger partial charge in [0.2, 0.25) is 5.43 Å². The van der Waals surface area contributed by atoms with Crippen LogP contribution in [0.4, 0.5) is 0 Å². The molecule has 0 spiro atoms. The van der Waals surface area contributed by atoms with Crippen molar-refractivity contribution in [1.82, 2.24) is 4.57 Å². The molecule has 0 aromatic carbocycles. The topological polar surface area (TPSA) is 82.4 Å². The fraction of sp³-hybridized carbons (Fsp3) is 0.455. The van der Waals surface area contributed by atoms with Crippen molar-refractivity contribution in [2.24, 2.45) is 0 Å². The normalized spacial score (nSPS) is 12.4. The summed E-state index contributed by atoms with van der Waals surface area (Å²) in [5.41, 5.74) is 0.178. The summed E-state index contributed by atoms with van der Waals surface area (Å²) in [6, 6.07) is -0.920. The second-order valence-electron chi connectivity index (χ2n) is 3.67. The minimum absolute atomic E-state index is 0.235. The molecule has 1 unspecified atom stereocenters. The molecule has 0 fully saturated rings. The van der Waals surface area contributed by atoms with E-state index in [1.165, 1.54) is 24.6 Å². The number of nitrogens with zero attached hydrogens (tertiary/aromatic N) is 1. The van der Waals surface area contributed by atoms with E-state index >= 15 is 0 Å². The third-order valence-electron chi connectivity index (χ3n) is 2.67. The average Bonchev–Trinajstić information content (AvgIpc) is 2.25. The SMILES string of the molecule is CCc1cn(C(C)C(=O)[O-])c(C)c(O)c1=O. The number of aryl methyl sites for hydroxylation is 1. The van der Waals surface area contributed by atoms with Gasteiger partial charge >= 0.3 is 0 Å². The minimum atomic E-state index is -1.26. The Morgan fingerprint density at radius 3 is 2.62 bits per heavy atom. The van der Waals surface area contributed by atoms with E-state index in [1.807, 2.05) is 0 Å². The quantitative estimate of drug-likeness (QED) is 0.766. The predicted octanol–water partition coefficient (Wildman–Crippen LogP) is -0.264. The van der Waals surface area contributed by atoms with Crippen LogP contribution in [0.25, 0.3) is 0 Å². The lowest BCUT2D eigenvalue weighted by atomic mass is 10.1. The molecule has 1 aromatic rings. The third kappa shape index (κ3) is 1.93. The van der Waals surface area contributed by atoms with Crippen LogP contribution in [0.2, 0.25) is 0 Å². The Balaban J connectivity index is 3.47. The summed E-state index contributed by atoms with van der Waals surface area (Å²) in [5.74, 6) is -1.65. The van der Waals surface area contributed by atoms with Crippen LogP contribution in [0.5, 0.6) is 5.75 Å². The maximum atomic E-state index is 11.5. The highest BCUT2D eigenvalue weighted by Gasteiger charge is 2.14. The summed E-state index contributed by atoms with van der Waals surface area (Å²) in [6.45, 7) is 4.70. The molecule has 0 radical (unpaired) electrons. The number of aromatic nitrogens is 1. The molecule has 0 aliphatic heterocycles. The third-order valence-corrected chi connectivity index (χ3v) is 2.67. The fourth-order valence-electron chi connectivity index (χ4n) is 1.53.